The number of rotatable bonds is 5. The average molecular weight is 334 g/mol. The van der Waals surface area contributed by atoms with E-state index in [1.165, 1.54) is 16.7 Å². The predicted molar refractivity (Wildman–Crippen MR) is 87.1 cm³/mol. The Balaban J connectivity index is 2.04. The number of hydrogen-bond donors (Lipinski definition) is 1. The number of ether oxygens (including phenoxy) is 1. The monoisotopic (exact) mass is 333 g/mol. The Bertz CT molecular complexity index is 566. The summed E-state index contributed by atoms with van der Waals surface area (Å²) in [6, 6.07) is 14.9. The fourth-order valence-corrected chi connectivity index (χ4v) is 2.42. The average Bonchev–Trinajstić information content (AvgIpc) is 2.46. The molecule has 0 spiro atoms. The standard InChI is InChI=1S/C17H20BrNO/c1-12-4-9-16(17(10-12)20-3)13(2)19-11-14-5-7-15(18)8-6-14/h4-10,13,19H,11H2,1-3H3. The molecule has 2 aromatic rings. The van der Waals surface area contributed by atoms with Crippen LogP contribution in [-0.4, -0.2) is 7.11 Å². The number of nitrogens with one attached hydrogen (secondary N) is 1. The van der Waals surface area contributed by atoms with Gasteiger partial charge in [0.1, 0.15) is 5.75 Å². The molecule has 3 heteroatoms. The lowest BCUT2D eigenvalue weighted by Gasteiger charge is -2.18. The summed E-state index contributed by atoms with van der Waals surface area (Å²) in [5.41, 5.74) is 3.67. The second-order valence-corrected chi connectivity index (χ2v) is 5.89. The van der Waals surface area contributed by atoms with Gasteiger partial charge in [-0.15, -0.1) is 0 Å². The van der Waals surface area contributed by atoms with Gasteiger partial charge in [0, 0.05) is 22.6 Å². The van der Waals surface area contributed by atoms with Crippen molar-refractivity contribution in [3.63, 3.8) is 0 Å². The highest BCUT2D eigenvalue weighted by molar-refractivity contribution is 9.10. The van der Waals surface area contributed by atoms with Crippen molar-refractivity contribution in [2.24, 2.45) is 0 Å². The van der Waals surface area contributed by atoms with Crippen molar-refractivity contribution in [1.82, 2.24) is 5.32 Å². The van der Waals surface area contributed by atoms with Crippen LogP contribution in [0.1, 0.15) is 29.7 Å². The van der Waals surface area contributed by atoms with Crippen LogP contribution >= 0.6 is 15.9 Å². The maximum atomic E-state index is 5.47. The van der Waals surface area contributed by atoms with E-state index in [0.717, 1.165) is 16.8 Å². The molecular formula is C17H20BrNO. The molecule has 0 bridgehead atoms. The first-order valence-corrected chi connectivity index (χ1v) is 7.52. The molecule has 0 fully saturated rings. The molecule has 0 radical (unpaired) electrons. The Morgan fingerprint density at radius 1 is 1.15 bits per heavy atom. The molecular weight excluding hydrogens is 314 g/mol. The van der Waals surface area contributed by atoms with Crippen molar-refractivity contribution in [2.45, 2.75) is 26.4 Å². The van der Waals surface area contributed by atoms with E-state index in [1.807, 2.05) is 0 Å². The molecule has 1 atom stereocenters. The van der Waals surface area contributed by atoms with Crippen LogP contribution in [0, 0.1) is 6.92 Å². The molecule has 2 rings (SSSR count). The molecule has 0 saturated carbocycles. The van der Waals surface area contributed by atoms with Gasteiger partial charge in [-0.25, -0.2) is 0 Å². The van der Waals surface area contributed by atoms with Gasteiger partial charge in [-0.1, -0.05) is 40.2 Å². The van der Waals surface area contributed by atoms with Gasteiger partial charge in [0.05, 0.1) is 7.11 Å². The first-order chi connectivity index (χ1) is 9.60. The van der Waals surface area contributed by atoms with Crippen LogP contribution in [0.15, 0.2) is 46.9 Å². The lowest BCUT2D eigenvalue weighted by Crippen LogP contribution is -2.18. The minimum atomic E-state index is 0.245. The number of hydrogen-bond acceptors (Lipinski definition) is 2. The first-order valence-electron chi connectivity index (χ1n) is 6.72. The number of benzene rings is 2. The van der Waals surface area contributed by atoms with Crippen LogP contribution in [0.25, 0.3) is 0 Å². The van der Waals surface area contributed by atoms with Gasteiger partial charge in [-0.05, 0) is 43.2 Å². The maximum absolute atomic E-state index is 5.47. The van der Waals surface area contributed by atoms with E-state index in [0.29, 0.717) is 0 Å². The van der Waals surface area contributed by atoms with Crippen molar-refractivity contribution >= 4 is 15.9 Å². The van der Waals surface area contributed by atoms with Gasteiger partial charge >= 0.3 is 0 Å². The van der Waals surface area contributed by atoms with Crippen LogP contribution in [0.2, 0.25) is 0 Å². The zero-order valence-corrected chi connectivity index (χ0v) is 13.7. The fourth-order valence-electron chi connectivity index (χ4n) is 2.16. The van der Waals surface area contributed by atoms with E-state index in [-0.39, 0.29) is 6.04 Å². The van der Waals surface area contributed by atoms with Gasteiger partial charge in [0.25, 0.3) is 0 Å². The molecule has 0 heterocycles. The fraction of sp³-hybridized carbons (Fsp3) is 0.294. The molecule has 0 aliphatic carbocycles. The van der Waals surface area contributed by atoms with Crippen LogP contribution in [0.4, 0.5) is 0 Å². The van der Waals surface area contributed by atoms with Gasteiger partial charge in [-0.2, -0.15) is 0 Å². The molecule has 106 valence electrons. The van der Waals surface area contributed by atoms with Gasteiger partial charge < -0.3 is 10.1 Å². The minimum Gasteiger partial charge on any atom is -0.496 e. The summed E-state index contributed by atoms with van der Waals surface area (Å²) in [5, 5.41) is 3.53. The van der Waals surface area contributed by atoms with Crippen LogP contribution < -0.4 is 10.1 Å². The van der Waals surface area contributed by atoms with Gasteiger partial charge in [0.15, 0.2) is 0 Å². The highest BCUT2D eigenvalue weighted by Gasteiger charge is 2.10. The van der Waals surface area contributed by atoms with Gasteiger partial charge in [-0.3, -0.25) is 0 Å². The lowest BCUT2D eigenvalue weighted by molar-refractivity contribution is 0.401. The van der Waals surface area contributed by atoms with Crippen molar-refractivity contribution in [2.75, 3.05) is 7.11 Å². The quantitative estimate of drug-likeness (QED) is 0.862. The molecule has 1 N–H and O–H groups in total. The zero-order chi connectivity index (χ0) is 14.5. The Morgan fingerprint density at radius 2 is 1.85 bits per heavy atom. The molecule has 2 nitrogen and oxygen atoms in total. The molecule has 1 unspecified atom stereocenters. The third kappa shape index (κ3) is 3.84. The molecule has 0 amide bonds. The van der Waals surface area contributed by atoms with E-state index in [9.17, 15) is 0 Å². The van der Waals surface area contributed by atoms with E-state index < -0.39 is 0 Å². The van der Waals surface area contributed by atoms with Crippen molar-refractivity contribution in [3.05, 3.63) is 63.6 Å². The third-order valence-corrected chi connectivity index (χ3v) is 3.91. The summed E-state index contributed by atoms with van der Waals surface area (Å²) in [6.45, 7) is 5.07. The Morgan fingerprint density at radius 3 is 2.50 bits per heavy atom. The molecule has 0 saturated heterocycles. The van der Waals surface area contributed by atoms with E-state index in [4.69, 9.17) is 4.74 Å². The molecule has 0 aliphatic heterocycles. The number of methoxy groups -OCH3 is 1. The van der Waals surface area contributed by atoms with Gasteiger partial charge in [0.2, 0.25) is 0 Å². The van der Waals surface area contributed by atoms with Crippen molar-refractivity contribution in [3.8, 4) is 5.75 Å². The second-order valence-electron chi connectivity index (χ2n) is 4.97. The summed E-state index contributed by atoms with van der Waals surface area (Å²) in [4.78, 5) is 0. The van der Waals surface area contributed by atoms with Crippen molar-refractivity contribution in [1.29, 1.82) is 0 Å². The largest absolute Gasteiger partial charge is 0.496 e. The first kappa shape index (κ1) is 15.1. The highest BCUT2D eigenvalue weighted by atomic mass is 79.9. The minimum absolute atomic E-state index is 0.245. The Kier molecular flexibility index (Phi) is 5.21. The Hall–Kier alpha value is -1.32. The van der Waals surface area contributed by atoms with E-state index in [1.54, 1.807) is 7.11 Å². The molecule has 0 aromatic heterocycles. The SMILES string of the molecule is COc1cc(C)ccc1C(C)NCc1ccc(Br)cc1. The summed E-state index contributed by atoms with van der Waals surface area (Å²) < 4.78 is 6.57. The van der Waals surface area contributed by atoms with E-state index >= 15 is 0 Å². The third-order valence-electron chi connectivity index (χ3n) is 3.38. The van der Waals surface area contributed by atoms with E-state index in [2.05, 4.69) is 77.6 Å². The normalized spacial score (nSPS) is 12.2. The maximum Gasteiger partial charge on any atom is 0.123 e. The van der Waals surface area contributed by atoms with Crippen LogP contribution in [-0.2, 0) is 6.54 Å². The summed E-state index contributed by atoms with van der Waals surface area (Å²) >= 11 is 3.45. The van der Waals surface area contributed by atoms with Crippen LogP contribution in [0.3, 0.4) is 0 Å². The van der Waals surface area contributed by atoms with Crippen LogP contribution in [0.5, 0.6) is 5.75 Å². The van der Waals surface area contributed by atoms with Crippen molar-refractivity contribution < 1.29 is 4.74 Å². The molecule has 2 aromatic carbocycles. The number of aryl methyl sites for hydroxylation is 1. The second kappa shape index (κ2) is 6.91. The zero-order valence-electron chi connectivity index (χ0n) is 12.1. The lowest BCUT2D eigenvalue weighted by atomic mass is 10.0. The molecule has 0 aliphatic rings. The topological polar surface area (TPSA) is 21.3 Å². The Labute approximate surface area is 129 Å². The smallest absolute Gasteiger partial charge is 0.123 e. The number of halogens is 1. The summed E-state index contributed by atoms with van der Waals surface area (Å²) in [6.07, 6.45) is 0. The highest BCUT2D eigenvalue weighted by Crippen LogP contribution is 2.26. The predicted octanol–water partition coefficient (Wildman–Crippen LogP) is 4.62. The molecule has 20 heavy (non-hydrogen) atoms. The summed E-state index contributed by atoms with van der Waals surface area (Å²) in [5.74, 6) is 0.945. The summed E-state index contributed by atoms with van der Waals surface area (Å²) in [7, 11) is 1.72.